The Labute approximate surface area is 89.6 Å². The summed E-state index contributed by atoms with van der Waals surface area (Å²) in [5, 5.41) is 0. The third kappa shape index (κ3) is 3.99. The number of hydrazine groups is 1. The van der Waals surface area contributed by atoms with E-state index in [0.29, 0.717) is 5.75 Å². The van der Waals surface area contributed by atoms with Gasteiger partial charge < -0.3 is 4.74 Å². The zero-order chi connectivity index (χ0) is 11.1. The molecule has 0 aromatic heterocycles. The standard InChI is InChI=1S/C11H16N2O2/c1-3-9-4-6-10(7-5-9)15-8-11(14)13-12-2/h4-7,12H,3,8H2,1-2H3,(H,13,14). The molecule has 0 radical (unpaired) electrons. The van der Waals surface area contributed by atoms with Crippen LogP contribution in [0.5, 0.6) is 5.75 Å². The summed E-state index contributed by atoms with van der Waals surface area (Å²) in [5.74, 6) is 0.510. The van der Waals surface area contributed by atoms with Crippen LogP contribution in [-0.4, -0.2) is 19.6 Å². The van der Waals surface area contributed by atoms with Crippen LogP contribution in [0.25, 0.3) is 0 Å². The first-order valence-corrected chi connectivity index (χ1v) is 4.93. The van der Waals surface area contributed by atoms with Crippen LogP contribution in [0.15, 0.2) is 24.3 Å². The summed E-state index contributed by atoms with van der Waals surface area (Å²) < 4.78 is 5.27. The zero-order valence-corrected chi connectivity index (χ0v) is 9.04. The van der Waals surface area contributed by atoms with Crippen molar-refractivity contribution < 1.29 is 9.53 Å². The van der Waals surface area contributed by atoms with E-state index in [1.807, 2.05) is 24.3 Å². The molecular weight excluding hydrogens is 192 g/mol. The second kappa shape index (κ2) is 6.03. The molecule has 0 saturated carbocycles. The first-order chi connectivity index (χ1) is 7.26. The van der Waals surface area contributed by atoms with Gasteiger partial charge in [0, 0.05) is 7.05 Å². The van der Waals surface area contributed by atoms with E-state index >= 15 is 0 Å². The lowest BCUT2D eigenvalue weighted by atomic mass is 10.2. The second-order valence-corrected chi connectivity index (χ2v) is 3.08. The molecule has 0 heterocycles. The van der Waals surface area contributed by atoms with Crippen LogP contribution in [0.2, 0.25) is 0 Å². The molecule has 0 atom stereocenters. The molecule has 0 aliphatic carbocycles. The minimum atomic E-state index is -0.197. The van der Waals surface area contributed by atoms with E-state index in [4.69, 9.17) is 4.74 Å². The minimum absolute atomic E-state index is 0.0202. The van der Waals surface area contributed by atoms with Gasteiger partial charge in [0.1, 0.15) is 5.75 Å². The number of benzene rings is 1. The van der Waals surface area contributed by atoms with Gasteiger partial charge in [0.2, 0.25) is 0 Å². The average molecular weight is 208 g/mol. The van der Waals surface area contributed by atoms with Crippen LogP contribution < -0.4 is 15.6 Å². The Morgan fingerprint density at radius 2 is 2.00 bits per heavy atom. The molecule has 0 bridgehead atoms. The van der Waals surface area contributed by atoms with E-state index in [1.165, 1.54) is 5.56 Å². The Balaban J connectivity index is 2.40. The molecule has 0 aliphatic rings. The number of hydrogen-bond acceptors (Lipinski definition) is 3. The summed E-state index contributed by atoms with van der Waals surface area (Å²) in [5.41, 5.74) is 6.22. The van der Waals surface area contributed by atoms with Gasteiger partial charge in [-0.3, -0.25) is 10.2 Å². The Kier molecular flexibility index (Phi) is 4.63. The summed E-state index contributed by atoms with van der Waals surface area (Å²) in [7, 11) is 1.63. The molecule has 1 aromatic rings. The smallest absolute Gasteiger partial charge is 0.271 e. The van der Waals surface area contributed by atoms with E-state index in [0.717, 1.165) is 6.42 Å². The maximum absolute atomic E-state index is 11.0. The summed E-state index contributed by atoms with van der Waals surface area (Å²) in [4.78, 5) is 11.0. The van der Waals surface area contributed by atoms with E-state index in [-0.39, 0.29) is 12.5 Å². The van der Waals surface area contributed by atoms with Gasteiger partial charge in [-0.2, -0.15) is 0 Å². The highest BCUT2D eigenvalue weighted by molar-refractivity contribution is 5.76. The zero-order valence-electron chi connectivity index (χ0n) is 9.04. The van der Waals surface area contributed by atoms with Crippen LogP contribution >= 0.6 is 0 Å². The number of carbonyl (C=O) groups excluding carboxylic acids is 1. The van der Waals surface area contributed by atoms with Crippen LogP contribution in [0.3, 0.4) is 0 Å². The van der Waals surface area contributed by atoms with Gasteiger partial charge in [0.15, 0.2) is 6.61 Å². The highest BCUT2D eigenvalue weighted by Gasteiger charge is 2.00. The number of carbonyl (C=O) groups is 1. The first kappa shape index (κ1) is 11.5. The minimum Gasteiger partial charge on any atom is -0.484 e. The van der Waals surface area contributed by atoms with Gasteiger partial charge in [0.25, 0.3) is 5.91 Å². The number of amides is 1. The normalized spacial score (nSPS) is 9.73. The van der Waals surface area contributed by atoms with Gasteiger partial charge in [-0.25, -0.2) is 5.43 Å². The molecule has 0 unspecified atom stereocenters. The quantitative estimate of drug-likeness (QED) is 0.706. The molecule has 1 amide bonds. The fourth-order valence-electron chi connectivity index (χ4n) is 1.15. The van der Waals surface area contributed by atoms with Crippen LogP contribution in [0.1, 0.15) is 12.5 Å². The summed E-state index contributed by atoms with van der Waals surface area (Å²) in [6.45, 7) is 2.11. The van der Waals surface area contributed by atoms with Gasteiger partial charge in [-0.1, -0.05) is 19.1 Å². The molecule has 0 aliphatic heterocycles. The fourth-order valence-corrected chi connectivity index (χ4v) is 1.15. The van der Waals surface area contributed by atoms with E-state index in [2.05, 4.69) is 17.8 Å². The second-order valence-electron chi connectivity index (χ2n) is 3.08. The molecule has 4 heteroatoms. The summed E-state index contributed by atoms with van der Waals surface area (Å²) in [6, 6.07) is 7.72. The molecule has 15 heavy (non-hydrogen) atoms. The first-order valence-electron chi connectivity index (χ1n) is 4.93. The predicted octanol–water partition coefficient (Wildman–Crippen LogP) is 0.878. The lowest BCUT2D eigenvalue weighted by Crippen LogP contribution is -2.37. The largest absolute Gasteiger partial charge is 0.484 e. The third-order valence-electron chi connectivity index (χ3n) is 1.97. The van der Waals surface area contributed by atoms with Crippen molar-refractivity contribution in [1.29, 1.82) is 0 Å². The molecule has 4 nitrogen and oxygen atoms in total. The van der Waals surface area contributed by atoms with Crippen molar-refractivity contribution in [3.63, 3.8) is 0 Å². The van der Waals surface area contributed by atoms with Gasteiger partial charge in [-0.05, 0) is 24.1 Å². The van der Waals surface area contributed by atoms with Crippen molar-refractivity contribution in [2.24, 2.45) is 0 Å². The molecule has 0 spiro atoms. The number of hydrogen-bond donors (Lipinski definition) is 2. The van der Waals surface area contributed by atoms with Gasteiger partial charge in [-0.15, -0.1) is 0 Å². The average Bonchev–Trinajstić information content (AvgIpc) is 2.27. The van der Waals surface area contributed by atoms with Crippen LogP contribution in [-0.2, 0) is 11.2 Å². The maximum Gasteiger partial charge on any atom is 0.271 e. The van der Waals surface area contributed by atoms with Gasteiger partial charge >= 0.3 is 0 Å². The third-order valence-corrected chi connectivity index (χ3v) is 1.97. The van der Waals surface area contributed by atoms with Crippen molar-refractivity contribution >= 4 is 5.91 Å². The fraction of sp³-hybridized carbons (Fsp3) is 0.364. The Morgan fingerprint density at radius 1 is 1.33 bits per heavy atom. The van der Waals surface area contributed by atoms with Crippen LogP contribution in [0.4, 0.5) is 0 Å². The van der Waals surface area contributed by atoms with Crippen molar-refractivity contribution in [2.75, 3.05) is 13.7 Å². The van der Waals surface area contributed by atoms with E-state index in [9.17, 15) is 4.79 Å². The summed E-state index contributed by atoms with van der Waals surface area (Å²) >= 11 is 0. The highest BCUT2D eigenvalue weighted by Crippen LogP contribution is 2.11. The van der Waals surface area contributed by atoms with Crippen LogP contribution in [0, 0.1) is 0 Å². The topological polar surface area (TPSA) is 50.4 Å². The predicted molar refractivity (Wildman–Crippen MR) is 58.5 cm³/mol. The number of aryl methyl sites for hydroxylation is 1. The highest BCUT2D eigenvalue weighted by atomic mass is 16.5. The van der Waals surface area contributed by atoms with Gasteiger partial charge in [0.05, 0.1) is 0 Å². The molecule has 82 valence electrons. The van der Waals surface area contributed by atoms with Crippen molar-refractivity contribution in [2.45, 2.75) is 13.3 Å². The molecular formula is C11H16N2O2. The molecule has 1 rings (SSSR count). The van der Waals surface area contributed by atoms with E-state index < -0.39 is 0 Å². The Bertz CT molecular complexity index is 309. The monoisotopic (exact) mass is 208 g/mol. The molecule has 0 fully saturated rings. The lowest BCUT2D eigenvalue weighted by molar-refractivity contribution is -0.123. The maximum atomic E-state index is 11.0. The Hall–Kier alpha value is -1.55. The SMILES string of the molecule is CCc1ccc(OCC(=O)NNC)cc1. The molecule has 2 N–H and O–H groups in total. The van der Waals surface area contributed by atoms with Crippen molar-refractivity contribution in [3.05, 3.63) is 29.8 Å². The van der Waals surface area contributed by atoms with Crippen molar-refractivity contribution in [3.8, 4) is 5.75 Å². The van der Waals surface area contributed by atoms with Crippen molar-refractivity contribution in [1.82, 2.24) is 10.9 Å². The Morgan fingerprint density at radius 3 is 2.53 bits per heavy atom. The number of ether oxygens (including phenoxy) is 1. The molecule has 1 aromatic carbocycles. The van der Waals surface area contributed by atoms with E-state index in [1.54, 1.807) is 7.05 Å². The molecule has 0 saturated heterocycles. The number of rotatable bonds is 5. The summed E-state index contributed by atoms with van der Waals surface area (Å²) in [6.07, 6.45) is 1.00. The number of nitrogens with one attached hydrogen (secondary N) is 2. The lowest BCUT2D eigenvalue weighted by Gasteiger charge is -2.06.